The summed E-state index contributed by atoms with van der Waals surface area (Å²) in [7, 11) is 0. The van der Waals surface area contributed by atoms with Crippen LogP contribution in [-0.4, -0.2) is 6.61 Å². The molecule has 0 unspecified atom stereocenters. The standard InChI is InChI=1S/C14H22O/c1-11(2)9-10-15-14-7-5-13(6-8-14)12(3)4/h5-8,11-12H,9-10H2,1-4H3. The quantitative estimate of drug-likeness (QED) is 0.700. The first kappa shape index (κ1) is 12.1. The Bertz CT molecular complexity index is 272. The van der Waals surface area contributed by atoms with Gasteiger partial charge in [-0.3, -0.25) is 0 Å². The molecule has 0 aliphatic carbocycles. The van der Waals surface area contributed by atoms with Crippen molar-refractivity contribution in [3.05, 3.63) is 29.8 Å². The maximum atomic E-state index is 5.65. The van der Waals surface area contributed by atoms with Crippen LogP contribution < -0.4 is 4.74 Å². The van der Waals surface area contributed by atoms with Gasteiger partial charge in [-0.05, 0) is 36.0 Å². The van der Waals surface area contributed by atoms with Gasteiger partial charge in [-0.2, -0.15) is 0 Å². The summed E-state index contributed by atoms with van der Waals surface area (Å²) in [6.45, 7) is 9.65. The van der Waals surface area contributed by atoms with Gasteiger partial charge in [-0.1, -0.05) is 39.8 Å². The molecule has 0 aliphatic heterocycles. The molecular formula is C14H22O. The Labute approximate surface area is 93.5 Å². The molecule has 15 heavy (non-hydrogen) atoms. The molecule has 0 aliphatic rings. The average molecular weight is 206 g/mol. The van der Waals surface area contributed by atoms with Gasteiger partial charge in [-0.15, -0.1) is 0 Å². The molecule has 1 aromatic rings. The first-order valence-electron chi connectivity index (χ1n) is 5.82. The first-order chi connectivity index (χ1) is 7.09. The van der Waals surface area contributed by atoms with Crippen LogP contribution in [0.3, 0.4) is 0 Å². The zero-order valence-electron chi connectivity index (χ0n) is 10.3. The summed E-state index contributed by atoms with van der Waals surface area (Å²) < 4.78 is 5.65. The van der Waals surface area contributed by atoms with E-state index in [-0.39, 0.29) is 0 Å². The highest BCUT2D eigenvalue weighted by molar-refractivity contribution is 5.28. The molecule has 0 saturated carbocycles. The normalized spacial score (nSPS) is 11.1. The lowest BCUT2D eigenvalue weighted by molar-refractivity contribution is 0.289. The summed E-state index contributed by atoms with van der Waals surface area (Å²) in [6, 6.07) is 8.43. The van der Waals surface area contributed by atoms with Gasteiger partial charge in [0, 0.05) is 0 Å². The lowest BCUT2D eigenvalue weighted by Gasteiger charge is -2.09. The number of rotatable bonds is 5. The number of hydrogen-bond donors (Lipinski definition) is 0. The third kappa shape index (κ3) is 4.37. The summed E-state index contributed by atoms with van der Waals surface area (Å²) in [5, 5.41) is 0. The molecule has 0 bridgehead atoms. The highest BCUT2D eigenvalue weighted by atomic mass is 16.5. The molecule has 0 aromatic heterocycles. The van der Waals surface area contributed by atoms with Crippen LogP contribution in [0.4, 0.5) is 0 Å². The summed E-state index contributed by atoms with van der Waals surface area (Å²) in [4.78, 5) is 0. The highest BCUT2D eigenvalue weighted by Gasteiger charge is 2.00. The Morgan fingerprint density at radius 1 is 1.00 bits per heavy atom. The van der Waals surface area contributed by atoms with Gasteiger partial charge in [-0.25, -0.2) is 0 Å². The average Bonchev–Trinajstić information content (AvgIpc) is 2.18. The lowest BCUT2D eigenvalue weighted by atomic mass is 10.0. The van der Waals surface area contributed by atoms with Crippen molar-refractivity contribution in [1.82, 2.24) is 0 Å². The van der Waals surface area contributed by atoms with Gasteiger partial charge in [0.15, 0.2) is 0 Å². The van der Waals surface area contributed by atoms with Crippen molar-refractivity contribution in [3.63, 3.8) is 0 Å². The van der Waals surface area contributed by atoms with E-state index in [1.165, 1.54) is 5.56 Å². The second-order valence-electron chi connectivity index (χ2n) is 4.75. The molecule has 1 aromatic carbocycles. The molecule has 1 heteroatoms. The fraction of sp³-hybridized carbons (Fsp3) is 0.571. The lowest BCUT2D eigenvalue weighted by Crippen LogP contribution is -2.01. The van der Waals surface area contributed by atoms with Crippen LogP contribution in [0.25, 0.3) is 0 Å². The minimum absolute atomic E-state index is 0.592. The Balaban J connectivity index is 2.43. The Kier molecular flexibility index (Phi) is 4.67. The van der Waals surface area contributed by atoms with Crippen LogP contribution in [0.5, 0.6) is 5.75 Å². The Morgan fingerprint density at radius 2 is 1.60 bits per heavy atom. The van der Waals surface area contributed by atoms with Crippen molar-refractivity contribution < 1.29 is 4.74 Å². The molecular weight excluding hydrogens is 184 g/mol. The van der Waals surface area contributed by atoms with Crippen molar-refractivity contribution in [2.75, 3.05) is 6.61 Å². The second-order valence-corrected chi connectivity index (χ2v) is 4.75. The van der Waals surface area contributed by atoms with E-state index in [2.05, 4.69) is 52.0 Å². The summed E-state index contributed by atoms with van der Waals surface area (Å²) >= 11 is 0. The molecule has 0 spiro atoms. The minimum Gasteiger partial charge on any atom is -0.494 e. The minimum atomic E-state index is 0.592. The van der Waals surface area contributed by atoms with E-state index in [1.807, 2.05) is 0 Å². The number of benzene rings is 1. The maximum absolute atomic E-state index is 5.65. The van der Waals surface area contributed by atoms with Crippen molar-refractivity contribution >= 4 is 0 Å². The maximum Gasteiger partial charge on any atom is 0.119 e. The molecule has 0 N–H and O–H groups in total. The number of ether oxygens (including phenoxy) is 1. The Morgan fingerprint density at radius 3 is 2.07 bits per heavy atom. The van der Waals surface area contributed by atoms with Gasteiger partial charge in [0.25, 0.3) is 0 Å². The fourth-order valence-electron chi connectivity index (χ4n) is 1.36. The molecule has 0 radical (unpaired) electrons. The smallest absolute Gasteiger partial charge is 0.119 e. The zero-order valence-corrected chi connectivity index (χ0v) is 10.3. The predicted molar refractivity (Wildman–Crippen MR) is 65.5 cm³/mol. The second kappa shape index (κ2) is 5.79. The van der Waals surface area contributed by atoms with Crippen LogP contribution in [-0.2, 0) is 0 Å². The fourth-order valence-corrected chi connectivity index (χ4v) is 1.36. The molecule has 1 rings (SSSR count). The van der Waals surface area contributed by atoms with Crippen LogP contribution in [0, 0.1) is 5.92 Å². The van der Waals surface area contributed by atoms with E-state index in [9.17, 15) is 0 Å². The van der Waals surface area contributed by atoms with Gasteiger partial charge in [0.1, 0.15) is 5.75 Å². The van der Waals surface area contributed by atoms with Gasteiger partial charge >= 0.3 is 0 Å². The van der Waals surface area contributed by atoms with E-state index in [4.69, 9.17) is 4.74 Å². The van der Waals surface area contributed by atoms with E-state index in [0.29, 0.717) is 11.8 Å². The summed E-state index contributed by atoms with van der Waals surface area (Å²) in [5.41, 5.74) is 1.37. The van der Waals surface area contributed by atoms with Crippen LogP contribution in [0.2, 0.25) is 0 Å². The molecule has 0 heterocycles. The van der Waals surface area contributed by atoms with Crippen molar-refractivity contribution in [1.29, 1.82) is 0 Å². The van der Waals surface area contributed by atoms with Gasteiger partial charge < -0.3 is 4.74 Å². The molecule has 84 valence electrons. The van der Waals surface area contributed by atoms with Crippen LogP contribution in [0.1, 0.15) is 45.6 Å². The molecule has 1 nitrogen and oxygen atoms in total. The van der Waals surface area contributed by atoms with E-state index in [0.717, 1.165) is 18.8 Å². The van der Waals surface area contributed by atoms with Gasteiger partial charge in [0.2, 0.25) is 0 Å². The first-order valence-corrected chi connectivity index (χ1v) is 5.82. The SMILES string of the molecule is CC(C)CCOc1ccc(C(C)C)cc1. The summed E-state index contributed by atoms with van der Waals surface area (Å²) in [5.74, 6) is 2.29. The van der Waals surface area contributed by atoms with Gasteiger partial charge in [0.05, 0.1) is 6.61 Å². The topological polar surface area (TPSA) is 9.23 Å². The molecule has 0 amide bonds. The largest absolute Gasteiger partial charge is 0.494 e. The van der Waals surface area contributed by atoms with Crippen molar-refractivity contribution in [2.24, 2.45) is 5.92 Å². The Hall–Kier alpha value is -0.980. The number of hydrogen-bond acceptors (Lipinski definition) is 1. The van der Waals surface area contributed by atoms with E-state index in [1.54, 1.807) is 0 Å². The van der Waals surface area contributed by atoms with E-state index < -0.39 is 0 Å². The molecule has 0 saturated heterocycles. The highest BCUT2D eigenvalue weighted by Crippen LogP contribution is 2.18. The molecule has 0 atom stereocenters. The van der Waals surface area contributed by atoms with E-state index >= 15 is 0 Å². The van der Waals surface area contributed by atoms with Crippen LogP contribution >= 0.6 is 0 Å². The summed E-state index contributed by atoms with van der Waals surface area (Å²) in [6.07, 6.45) is 1.12. The zero-order chi connectivity index (χ0) is 11.3. The van der Waals surface area contributed by atoms with Crippen LogP contribution in [0.15, 0.2) is 24.3 Å². The third-order valence-electron chi connectivity index (χ3n) is 2.51. The molecule has 0 fully saturated rings. The van der Waals surface area contributed by atoms with Crippen molar-refractivity contribution in [3.8, 4) is 5.75 Å². The monoisotopic (exact) mass is 206 g/mol. The van der Waals surface area contributed by atoms with Crippen molar-refractivity contribution in [2.45, 2.75) is 40.0 Å². The predicted octanol–water partition coefficient (Wildman–Crippen LogP) is 4.23. The third-order valence-corrected chi connectivity index (χ3v) is 2.51.